The van der Waals surface area contributed by atoms with Crippen LogP contribution in [0.1, 0.15) is 290 Å². The average molecular weight is 1200 g/mol. The lowest BCUT2D eigenvalue weighted by molar-refractivity contribution is -0.134. The maximum Gasteiger partial charge on any atom is 0.243 e. The van der Waals surface area contributed by atoms with E-state index in [1.54, 1.807) is 0 Å². The van der Waals surface area contributed by atoms with Gasteiger partial charge in [0.25, 0.3) is 0 Å². The van der Waals surface area contributed by atoms with Gasteiger partial charge in [-0.3, -0.25) is 28.8 Å². The molecule has 14 nitrogen and oxygen atoms in total. The Morgan fingerprint density at radius 2 is 0.585 bits per heavy atom. The van der Waals surface area contributed by atoms with Crippen molar-refractivity contribution in [1.82, 2.24) is 31.9 Å². The summed E-state index contributed by atoms with van der Waals surface area (Å²) in [5.74, 6) is 0.715. The third-order valence-corrected chi connectivity index (χ3v) is 18.2. The summed E-state index contributed by atoms with van der Waals surface area (Å²) < 4.78 is 0. The van der Waals surface area contributed by atoms with Gasteiger partial charge in [0.05, 0.1) is 24.3 Å². The smallest absolute Gasteiger partial charge is 0.243 e. The van der Waals surface area contributed by atoms with Gasteiger partial charge in [-0.1, -0.05) is 247 Å². The van der Waals surface area contributed by atoms with E-state index in [2.05, 4.69) is 73.4 Å². The number of unbranched alkanes of at least 4 members (excludes halogenated alkanes) is 20. The third-order valence-electron chi connectivity index (χ3n) is 15.6. The van der Waals surface area contributed by atoms with E-state index in [0.29, 0.717) is 38.5 Å². The first-order valence-corrected chi connectivity index (χ1v) is 35.9. The largest absolute Gasteiger partial charge is 0.391 e. The third kappa shape index (κ3) is 39.9. The quantitative estimate of drug-likeness (QED) is 0.0213. The number of amides is 6. The van der Waals surface area contributed by atoms with Gasteiger partial charge in [0.2, 0.25) is 35.4 Å². The van der Waals surface area contributed by atoms with E-state index in [1.807, 2.05) is 77.0 Å². The minimum atomic E-state index is -0.781. The minimum Gasteiger partial charge on any atom is -0.391 e. The predicted molar refractivity (Wildman–Crippen MR) is 347 cm³/mol. The Bertz CT molecular complexity index is 1550. The van der Waals surface area contributed by atoms with E-state index < -0.39 is 36.4 Å². The van der Waals surface area contributed by atoms with E-state index in [9.17, 15) is 39.0 Å². The SMILES string of the molecule is CCCCCCC(O)C(CC(C)C)NC(=O)C(NC(=O)C(NC(=O)CCCCCCCCCCSSCCCCCCCCCCC(=O)NC(C(=O)NC(C(=O)NC(CC(C)C)C(O)CCCCCC)C(C)C)C(C)C)C(C)C)C(C)C. The molecule has 8 N–H and O–H groups in total. The van der Waals surface area contributed by atoms with E-state index in [0.717, 1.165) is 89.9 Å². The van der Waals surface area contributed by atoms with Gasteiger partial charge in [-0.15, -0.1) is 0 Å². The molecule has 16 heteroatoms. The lowest BCUT2D eigenvalue weighted by atomic mass is 9.94. The van der Waals surface area contributed by atoms with Crippen LogP contribution in [-0.4, -0.2) is 106 Å². The van der Waals surface area contributed by atoms with E-state index >= 15 is 0 Å². The molecule has 0 heterocycles. The Balaban J connectivity index is 4.29. The molecule has 8 unspecified atom stereocenters. The molecule has 0 aliphatic rings. The number of nitrogens with one attached hydrogen (secondary N) is 6. The number of carbonyl (C=O) groups excluding carboxylic acids is 6. The summed E-state index contributed by atoms with van der Waals surface area (Å²) >= 11 is 0. The molecular formula is C66H128N6O8S2. The summed E-state index contributed by atoms with van der Waals surface area (Å²) in [5.41, 5.74) is 0. The standard InChI is InChI=1S/C66H128N6O8S2/c1-15-17-19-33-39-55(73)53(45-47(3)4)67-63(77)61(51(11)12)71-65(79)59(49(7)8)69-57(75)41-35-29-25-21-23-27-31-37-43-81-82-44-38-32-28-24-22-26-30-36-42-58(76)70-60(50(9)10)66(80)72-62(52(13)14)64(78)68-54(46-48(5)6)56(74)40-34-20-18-16-2/h47-56,59-62,73-74H,15-46H2,1-14H3,(H,67,77)(H,68,78)(H,69,75)(H,70,76)(H,71,79)(H,72,80). The Kier molecular flexibility index (Phi) is 48.0. The highest BCUT2D eigenvalue weighted by Crippen LogP contribution is 2.25. The number of hydrogen-bond donors (Lipinski definition) is 8. The van der Waals surface area contributed by atoms with Gasteiger partial charge in [0.1, 0.15) is 24.2 Å². The molecule has 0 saturated heterocycles. The Morgan fingerprint density at radius 3 is 0.866 bits per heavy atom. The monoisotopic (exact) mass is 1200 g/mol. The highest BCUT2D eigenvalue weighted by atomic mass is 33.1. The Labute approximate surface area is 510 Å². The fraction of sp³-hybridized carbons (Fsp3) is 0.909. The number of carbonyl (C=O) groups is 6. The maximum absolute atomic E-state index is 13.6. The van der Waals surface area contributed by atoms with E-state index in [1.165, 1.54) is 75.7 Å². The molecule has 0 aromatic carbocycles. The Hall–Kier alpha value is -2.56. The summed E-state index contributed by atoms with van der Waals surface area (Å²) in [5, 5.41) is 40.0. The van der Waals surface area contributed by atoms with E-state index in [4.69, 9.17) is 0 Å². The maximum atomic E-state index is 13.6. The van der Waals surface area contributed by atoms with Crippen molar-refractivity contribution in [3.8, 4) is 0 Å². The highest BCUT2D eigenvalue weighted by molar-refractivity contribution is 8.76. The molecule has 8 atom stereocenters. The second kappa shape index (κ2) is 49.5. The molecule has 0 aromatic rings. The topological polar surface area (TPSA) is 215 Å². The van der Waals surface area contributed by atoms with Crippen LogP contribution >= 0.6 is 21.6 Å². The van der Waals surface area contributed by atoms with Crippen LogP contribution in [0.15, 0.2) is 0 Å². The summed E-state index contributed by atoms with van der Waals surface area (Å²) in [7, 11) is 3.99. The zero-order chi connectivity index (χ0) is 61.8. The van der Waals surface area contributed by atoms with Gasteiger partial charge in [-0.05, 0) is 86.9 Å². The second-order valence-corrected chi connectivity index (χ2v) is 28.9. The first-order valence-electron chi connectivity index (χ1n) is 33.4. The zero-order valence-electron chi connectivity index (χ0n) is 54.9. The van der Waals surface area contributed by atoms with Crippen LogP contribution in [0.25, 0.3) is 0 Å². The van der Waals surface area contributed by atoms with Crippen molar-refractivity contribution >= 4 is 57.0 Å². The van der Waals surface area contributed by atoms with Crippen LogP contribution in [0.3, 0.4) is 0 Å². The van der Waals surface area contributed by atoms with Crippen molar-refractivity contribution in [2.45, 2.75) is 338 Å². The van der Waals surface area contributed by atoms with Gasteiger partial charge in [-0.25, -0.2) is 0 Å². The highest BCUT2D eigenvalue weighted by Gasteiger charge is 2.34. The summed E-state index contributed by atoms with van der Waals surface area (Å²) in [6, 6.07) is -3.82. The molecule has 6 amide bonds. The first-order chi connectivity index (χ1) is 39.0. The normalized spacial score (nSPS) is 14.9. The second-order valence-electron chi connectivity index (χ2n) is 26.2. The number of aliphatic hydroxyl groups excluding tert-OH is 2. The van der Waals surface area contributed by atoms with Crippen molar-refractivity contribution in [3.05, 3.63) is 0 Å². The van der Waals surface area contributed by atoms with Crippen LogP contribution in [0.5, 0.6) is 0 Å². The van der Waals surface area contributed by atoms with Crippen LogP contribution in [0, 0.1) is 35.5 Å². The molecule has 482 valence electrons. The molecule has 0 bridgehead atoms. The molecule has 0 spiro atoms. The number of rotatable bonds is 53. The van der Waals surface area contributed by atoms with Crippen LogP contribution in [0.2, 0.25) is 0 Å². The first kappa shape index (κ1) is 79.4. The fourth-order valence-corrected chi connectivity index (χ4v) is 12.7. The minimum absolute atomic E-state index is 0.137. The van der Waals surface area contributed by atoms with Crippen LogP contribution in [0.4, 0.5) is 0 Å². The van der Waals surface area contributed by atoms with Crippen molar-refractivity contribution in [3.63, 3.8) is 0 Å². The van der Waals surface area contributed by atoms with Crippen LogP contribution < -0.4 is 31.9 Å². The van der Waals surface area contributed by atoms with Crippen LogP contribution in [-0.2, 0) is 28.8 Å². The molecule has 82 heavy (non-hydrogen) atoms. The predicted octanol–water partition coefficient (Wildman–Crippen LogP) is 13.7. The molecule has 0 saturated carbocycles. The summed E-state index contributed by atoms with van der Waals surface area (Å²) in [6.07, 6.45) is 28.4. The number of aliphatic hydroxyl groups is 2. The van der Waals surface area contributed by atoms with Crippen molar-refractivity contribution in [2.24, 2.45) is 35.5 Å². The van der Waals surface area contributed by atoms with Gasteiger partial charge in [0.15, 0.2) is 0 Å². The number of hydrogen-bond acceptors (Lipinski definition) is 10. The molecular weight excluding hydrogens is 1070 g/mol. The molecule has 0 aliphatic carbocycles. The molecule has 0 radical (unpaired) electrons. The van der Waals surface area contributed by atoms with Crippen molar-refractivity contribution in [1.29, 1.82) is 0 Å². The average Bonchev–Trinajstić information content (AvgIpc) is 3.44. The molecule has 0 aliphatic heterocycles. The van der Waals surface area contributed by atoms with Gasteiger partial charge < -0.3 is 42.1 Å². The summed E-state index contributed by atoms with van der Waals surface area (Å²) in [6.45, 7) is 27.8. The molecule has 0 rings (SSSR count). The van der Waals surface area contributed by atoms with Gasteiger partial charge >= 0.3 is 0 Å². The lowest BCUT2D eigenvalue weighted by Gasteiger charge is -2.31. The van der Waals surface area contributed by atoms with Gasteiger partial charge in [-0.2, -0.15) is 0 Å². The van der Waals surface area contributed by atoms with Crippen molar-refractivity contribution < 1.29 is 39.0 Å². The summed E-state index contributed by atoms with van der Waals surface area (Å²) in [4.78, 5) is 80.3. The van der Waals surface area contributed by atoms with Crippen molar-refractivity contribution in [2.75, 3.05) is 11.5 Å². The zero-order valence-corrected chi connectivity index (χ0v) is 56.5. The lowest BCUT2D eigenvalue weighted by Crippen LogP contribution is -2.58. The Morgan fingerprint density at radius 1 is 0.329 bits per heavy atom. The van der Waals surface area contributed by atoms with Gasteiger partial charge in [0, 0.05) is 24.3 Å². The fourth-order valence-electron chi connectivity index (χ4n) is 10.4. The van der Waals surface area contributed by atoms with E-state index in [-0.39, 0.29) is 83.0 Å². The molecule has 0 fully saturated rings. The molecule has 0 aromatic heterocycles.